The lowest BCUT2D eigenvalue weighted by molar-refractivity contribution is 0.220. The van der Waals surface area contributed by atoms with E-state index in [0.717, 1.165) is 16.9 Å². The Morgan fingerprint density at radius 2 is 1.80 bits per heavy atom. The molecule has 0 atom stereocenters. The fourth-order valence-corrected chi connectivity index (χ4v) is 3.42. The van der Waals surface area contributed by atoms with E-state index in [2.05, 4.69) is 28.3 Å². The largest absolute Gasteiger partial charge is 0.370 e. The van der Waals surface area contributed by atoms with Crippen molar-refractivity contribution >= 4 is 17.4 Å². The van der Waals surface area contributed by atoms with Crippen LogP contribution < -0.4 is 10.2 Å². The van der Waals surface area contributed by atoms with E-state index < -0.39 is 0 Å². The molecule has 1 aliphatic carbocycles. The molecule has 1 heterocycles. The Morgan fingerprint density at radius 1 is 1.12 bits per heavy atom. The van der Waals surface area contributed by atoms with Crippen LogP contribution in [-0.4, -0.2) is 36.1 Å². The van der Waals surface area contributed by atoms with Gasteiger partial charge in [-0.25, -0.2) is 4.79 Å². The number of pyridine rings is 1. The fourth-order valence-electron chi connectivity index (χ4n) is 3.42. The van der Waals surface area contributed by atoms with Crippen molar-refractivity contribution in [1.29, 1.82) is 0 Å². The van der Waals surface area contributed by atoms with Crippen LogP contribution in [0.5, 0.6) is 0 Å². The Morgan fingerprint density at radius 3 is 2.52 bits per heavy atom. The van der Waals surface area contributed by atoms with Gasteiger partial charge < -0.3 is 15.1 Å². The molecule has 1 saturated carbocycles. The van der Waals surface area contributed by atoms with Crippen molar-refractivity contribution in [2.24, 2.45) is 0 Å². The first-order chi connectivity index (χ1) is 12.1. The minimum Gasteiger partial charge on any atom is -0.370 e. The number of benzene rings is 1. The minimum atomic E-state index is -0.107. The summed E-state index contributed by atoms with van der Waals surface area (Å²) in [6, 6.07) is 12.3. The first-order valence-corrected chi connectivity index (χ1v) is 8.88. The molecule has 0 aliphatic heterocycles. The molecule has 0 radical (unpaired) electrons. The van der Waals surface area contributed by atoms with E-state index in [1.807, 2.05) is 30.3 Å². The van der Waals surface area contributed by atoms with Crippen LogP contribution in [0.4, 0.5) is 16.2 Å². The fraction of sp³-hybridized carbons (Fsp3) is 0.400. The molecule has 132 valence electrons. The van der Waals surface area contributed by atoms with Crippen molar-refractivity contribution in [3.8, 4) is 0 Å². The third kappa shape index (κ3) is 4.29. The van der Waals surface area contributed by atoms with E-state index in [1.54, 1.807) is 24.3 Å². The molecule has 25 heavy (non-hydrogen) atoms. The van der Waals surface area contributed by atoms with Crippen LogP contribution in [0.15, 0.2) is 48.8 Å². The van der Waals surface area contributed by atoms with E-state index in [1.165, 1.54) is 25.7 Å². The minimum absolute atomic E-state index is 0.107. The molecule has 1 fully saturated rings. The number of nitrogens with one attached hydrogen (secondary N) is 1. The van der Waals surface area contributed by atoms with Crippen molar-refractivity contribution in [3.05, 3.63) is 54.4 Å². The number of hydrogen-bond acceptors (Lipinski definition) is 3. The Bertz CT molecular complexity index is 698. The number of amides is 2. The number of para-hydroxylation sites is 2. The summed E-state index contributed by atoms with van der Waals surface area (Å²) >= 11 is 0. The van der Waals surface area contributed by atoms with Crippen LogP contribution in [0.1, 0.15) is 31.2 Å². The molecule has 0 saturated heterocycles. The SMILES string of the molecule is CN(Cc1ccncc1)C(=O)Nc1ccccc1N(C)C1CCCC1. The number of rotatable bonds is 5. The predicted octanol–water partition coefficient (Wildman–Crippen LogP) is 4.12. The standard InChI is InChI=1S/C20H26N4O/c1-23(15-16-11-13-21-14-12-16)20(25)22-18-9-5-6-10-19(18)24(2)17-7-3-4-8-17/h5-6,9-14,17H,3-4,7-8,15H2,1-2H3,(H,22,25). The van der Waals surface area contributed by atoms with Crippen LogP contribution in [0, 0.1) is 0 Å². The van der Waals surface area contributed by atoms with Gasteiger partial charge in [-0.15, -0.1) is 0 Å². The zero-order valence-electron chi connectivity index (χ0n) is 15.0. The van der Waals surface area contributed by atoms with Crippen molar-refractivity contribution in [2.45, 2.75) is 38.3 Å². The van der Waals surface area contributed by atoms with Gasteiger partial charge in [0.05, 0.1) is 11.4 Å². The molecule has 1 aromatic carbocycles. The highest BCUT2D eigenvalue weighted by atomic mass is 16.2. The zero-order chi connectivity index (χ0) is 17.6. The van der Waals surface area contributed by atoms with E-state index in [9.17, 15) is 4.79 Å². The van der Waals surface area contributed by atoms with Crippen LogP contribution in [0.3, 0.4) is 0 Å². The third-order valence-electron chi connectivity index (χ3n) is 4.91. The molecular formula is C20H26N4O. The van der Waals surface area contributed by atoms with Crippen LogP contribution in [0.25, 0.3) is 0 Å². The number of anilines is 2. The molecule has 0 unspecified atom stereocenters. The number of carbonyl (C=O) groups excluding carboxylic acids is 1. The van der Waals surface area contributed by atoms with E-state index >= 15 is 0 Å². The van der Waals surface area contributed by atoms with Gasteiger partial charge in [0.15, 0.2) is 0 Å². The van der Waals surface area contributed by atoms with Crippen molar-refractivity contribution in [2.75, 3.05) is 24.3 Å². The van der Waals surface area contributed by atoms with Crippen LogP contribution in [0.2, 0.25) is 0 Å². The zero-order valence-corrected chi connectivity index (χ0v) is 15.0. The third-order valence-corrected chi connectivity index (χ3v) is 4.91. The van der Waals surface area contributed by atoms with E-state index in [4.69, 9.17) is 0 Å². The van der Waals surface area contributed by atoms with Crippen LogP contribution in [-0.2, 0) is 6.54 Å². The monoisotopic (exact) mass is 338 g/mol. The Labute approximate surface area is 149 Å². The maximum Gasteiger partial charge on any atom is 0.321 e. The molecule has 1 N–H and O–H groups in total. The van der Waals surface area contributed by atoms with Gasteiger partial charge in [-0.2, -0.15) is 0 Å². The molecule has 0 spiro atoms. The lowest BCUT2D eigenvalue weighted by Crippen LogP contribution is -2.33. The summed E-state index contributed by atoms with van der Waals surface area (Å²) in [6.07, 6.45) is 8.51. The highest BCUT2D eigenvalue weighted by Crippen LogP contribution is 2.31. The topological polar surface area (TPSA) is 48.5 Å². The number of hydrogen-bond donors (Lipinski definition) is 1. The molecule has 2 aromatic rings. The summed E-state index contributed by atoms with van der Waals surface area (Å²) in [5.74, 6) is 0. The van der Waals surface area contributed by atoms with Crippen LogP contribution >= 0.6 is 0 Å². The van der Waals surface area contributed by atoms with Gasteiger partial charge >= 0.3 is 6.03 Å². The number of nitrogens with zero attached hydrogens (tertiary/aromatic N) is 3. The molecule has 1 aliphatic rings. The summed E-state index contributed by atoms with van der Waals surface area (Å²) in [4.78, 5) is 20.6. The summed E-state index contributed by atoms with van der Waals surface area (Å²) in [5.41, 5.74) is 3.01. The highest BCUT2D eigenvalue weighted by Gasteiger charge is 2.22. The van der Waals surface area contributed by atoms with Gasteiger partial charge in [0, 0.05) is 39.1 Å². The van der Waals surface area contributed by atoms with Gasteiger partial charge in [-0.05, 0) is 42.7 Å². The Kier molecular flexibility index (Phi) is 5.53. The number of urea groups is 1. The maximum absolute atomic E-state index is 12.6. The smallest absolute Gasteiger partial charge is 0.321 e. The van der Waals surface area contributed by atoms with Gasteiger partial charge in [0.1, 0.15) is 0 Å². The van der Waals surface area contributed by atoms with Gasteiger partial charge in [-0.1, -0.05) is 25.0 Å². The quantitative estimate of drug-likeness (QED) is 0.892. The van der Waals surface area contributed by atoms with Gasteiger partial charge in [-0.3, -0.25) is 4.98 Å². The lowest BCUT2D eigenvalue weighted by atomic mass is 10.1. The summed E-state index contributed by atoms with van der Waals surface area (Å²) in [6.45, 7) is 0.551. The molecule has 3 rings (SSSR count). The average Bonchev–Trinajstić information content (AvgIpc) is 3.17. The molecule has 5 nitrogen and oxygen atoms in total. The Hall–Kier alpha value is -2.56. The molecule has 5 heteroatoms. The second-order valence-electron chi connectivity index (χ2n) is 6.71. The van der Waals surface area contributed by atoms with Crippen molar-refractivity contribution in [1.82, 2.24) is 9.88 Å². The lowest BCUT2D eigenvalue weighted by Gasteiger charge is -2.29. The summed E-state index contributed by atoms with van der Waals surface area (Å²) in [7, 11) is 3.93. The maximum atomic E-state index is 12.6. The summed E-state index contributed by atoms with van der Waals surface area (Å²) in [5, 5.41) is 3.06. The highest BCUT2D eigenvalue weighted by molar-refractivity contribution is 5.93. The van der Waals surface area contributed by atoms with Crippen molar-refractivity contribution < 1.29 is 4.79 Å². The average molecular weight is 338 g/mol. The van der Waals surface area contributed by atoms with Crippen molar-refractivity contribution in [3.63, 3.8) is 0 Å². The molecular weight excluding hydrogens is 312 g/mol. The first-order valence-electron chi connectivity index (χ1n) is 8.88. The van der Waals surface area contributed by atoms with Gasteiger partial charge in [0.2, 0.25) is 0 Å². The molecule has 2 amide bonds. The predicted molar refractivity (Wildman–Crippen MR) is 102 cm³/mol. The second-order valence-corrected chi connectivity index (χ2v) is 6.71. The second kappa shape index (κ2) is 8.01. The van der Waals surface area contributed by atoms with E-state index in [-0.39, 0.29) is 6.03 Å². The Balaban J connectivity index is 1.68. The first kappa shape index (κ1) is 17.3. The van der Waals surface area contributed by atoms with Gasteiger partial charge in [0.25, 0.3) is 0 Å². The molecule has 0 bridgehead atoms. The van der Waals surface area contributed by atoms with E-state index in [0.29, 0.717) is 12.6 Å². The number of carbonyl (C=O) groups is 1. The molecule has 1 aromatic heterocycles. The number of aromatic nitrogens is 1. The summed E-state index contributed by atoms with van der Waals surface area (Å²) < 4.78 is 0. The normalized spacial score (nSPS) is 14.3.